The van der Waals surface area contributed by atoms with Crippen molar-refractivity contribution in [3.63, 3.8) is 0 Å². The fourth-order valence-electron chi connectivity index (χ4n) is 3.71. The van der Waals surface area contributed by atoms with Crippen LogP contribution in [0.1, 0.15) is 18.4 Å². The van der Waals surface area contributed by atoms with Crippen LogP contribution in [0.2, 0.25) is 0 Å². The summed E-state index contributed by atoms with van der Waals surface area (Å²) in [7, 11) is -3.60. The zero-order valence-corrected chi connectivity index (χ0v) is 16.6. The van der Waals surface area contributed by atoms with E-state index in [1.807, 2.05) is 29.2 Å². The van der Waals surface area contributed by atoms with Gasteiger partial charge in [0.15, 0.2) is 5.84 Å². The van der Waals surface area contributed by atoms with Crippen LogP contribution in [0.5, 0.6) is 0 Å². The first kappa shape index (κ1) is 18.1. The number of piperazine rings is 1. The number of carbonyl (C=O) groups is 1. The lowest BCUT2D eigenvalue weighted by atomic mass is 10.1. The van der Waals surface area contributed by atoms with Crippen LogP contribution < -0.4 is 10.2 Å². The monoisotopic (exact) mass is 411 g/mol. The molecule has 1 amide bonds. The lowest BCUT2D eigenvalue weighted by Crippen LogP contribution is -2.48. The Bertz CT molecular complexity index is 1090. The Morgan fingerprint density at radius 1 is 1.00 bits per heavy atom. The molecule has 1 aliphatic carbocycles. The lowest BCUT2D eigenvalue weighted by molar-refractivity contribution is -0.117. The van der Waals surface area contributed by atoms with Gasteiger partial charge >= 0.3 is 0 Å². The Morgan fingerprint density at radius 3 is 2.41 bits per heavy atom. The molecule has 29 heavy (non-hydrogen) atoms. The van der Waals surface area contributed by atoms with Gasteiger partial charge in [-0.2, -0.15) is 8.42 Å². The molecule has 2 aliphatic heterocycles. The third-order valence-corrected chi connectivity index (χ3v) is 6.83. The standard InChI is InChI=1S/C20H21N5O3S/c26-20(14-5-6-14)22-18-8-7-15(13-21-18)24-9-11-25(12-10-24)19-16-3-1-2-4-17(16)29(27,28)23-19/h1-4,7-8,13-14H,5-6,9-12H2,(H,21,22,26). The second-order valence-corrected chi connectivity index (χ2v) is 9.10. The third-order valence-electron chi connectivity index (χ3n) is 5.50. The van der Waals surface area contributed by atoms with Crippen LogP contribution in [0.3, 0.4) is 0 Å². The number of amidine groups is 1. The van der Waals surface area contributed by atoms with E-state index in [0.717, 1.165) is 31.6 Å². The summed E-state index contributed by atoms with van der Waals surface area (Å²) >= 11 is 0. The van der Waals surface area contributed by atoms with Gasteiger partial charge in [0, 0.05) is 37.7 Å². The fraction of sp³-hybridized carbons (Fsp3) is 0.350. The van der Waals surface area contributed by atoms with E-state index in [9.17, 15) is 13.2 Å². The lowest BCUT2D eigenvalue weighted by Gasteiger charge is -2.37. The van der Waals surface area contributed by atoms with E-state index in [1.165, 1.54) is 0 Å². The van der Waals surface area contributed by atoms with Gasteiger partial charge in [-0.05, 0) is 37.1 Å². The van der Waals surface area contributed by atoms with Crippen LogP contribution >= 0.6 is 0 Å². The molecular formula is C20H21N5O3S. The van der Waals surface area contributed by atoms with E-state index in [-0.39, 0.29) is 16.7 Å². The van der Waals surface area contributed by atoms with E-state index >= 15 is 0 Å². The third kappa shape index (κ3) is 3.46. The maximum Gasteiger partial charge on any atom is 0.285 e. The number of sulfonamides is 1. The minimum atomic E-state index is -3.60. The van der Waals surface area contributed by atoms with E-state index < -0.39 is 10.0 Å². The minimum absolute atomic E-state index is 0.0476. The van der Waals surface area contributed by atoms with Crippen LogP contribution in [0.15, 0.2) is 51.9 Å². The average molecular weight is 411 g/mol. The number of nitrogens with zero attached hydrogens (tertiary/aromatic N) is 4. The average Bonchev–Trinajstić information content (AvgIpc) is 3.55. The van der Waals surface area contributed by atoms with Crippen molar-refractivity contribution in [1.82, 2.24) is 9.88 Å². The van der Waals surface area contributed by atoms with Crippen molar-refractivity contribution >= 4 is 33.3 Å². The first-order chi connectivity index (χ1) is 14.0. The summed E-state index contributed by atoms with van der Waals surface area (Å²) in [5, 5.41) is 2.85. The van der Waals surface area contributed by atoms with Crippen LogP contribution in [0.4, 0.5) is 11.5 Å². The second-order valence-electron chi connectivity index (χ2n) is 7.53. The summed E-state index contributed by atoms with van der Waals surface area (Å²) in [5.41, 5.74) is 1.66. The van der Waals surface area contributed by atoms with E-state index in [0.29, 0.717) is 30.3 Å². The molecule has 1 saturated carbocycles. The molecule has 1 N–H and O–H groups in total. The molecule has 3 aliphatic rings. The minimum Gasteiger partial charge on any atom is -0.367 e. The van der Waals surface area contributed by atoms with Crippen molar-refractivity contribution in [1.29, 1.82) is 0 Å². The molecule has 0 spiro atoms. The van der Waals surface area contributed by atoms with Crippen molar-refractivity contribution in [3.05, 3.63) is 48.2 Å². The van der Waals surface area contributed by atoms with Gasteiger partial charge in [0.2, 0.25) is 5.91 Å². The van der Waals surface area contributed by atoms with E-state index in [4.69, 9.17) is 0 Å². The molecule has 1 aromatic heterocycles. The van der Waals surface area contributed by atoms with Crippen LogP contribution in [-0.2, 0) is 14.8 Å². The molecule has 8 nitrogen and oxygen atoms in total. The van der Waals surface area contributed by atoms with Gasteiger partial charge in [0.05, 0.1) is 11.9 Å². The molecule has 9 heteroatoms. The summed E-state index contributed by atoms with van der Waals surface area (Å²) in [6, 6.07) is 10.7. The Hall–Kier alpha value is -2.94. The molecule has 0 atom stereocenters. The number of anilines is 2. The molecule has 2 aromatic rings. The highest BCUT2D eigenvalue weighted by atomic mass is 32.2. The number of aromatic nitrogens is 1. The van der Waals surface area contributed by atoms with Crippen molar-refractivity contribution < 1.29 is 13.2 Å². The molecule has 1 aromatic carbocycles. The van der Waals surface area contributed by atoms with Gasteiger partial charge in [-0.1, -0.05) is 12.1 Å². The molecule has 3 heterocycles. The van der Waals surface area contributed by atoms with E-state index in [2.05, 4.69) is 19.6 Å². The smallest absolute Gasteiger partial charge is 0.285 e. The molecule has 0 radical (unpaired) electrons. The quantitative estimate of drug-likeness (QED) is 0.826. The zero-order valence-electron chi connectivity index (χ0n) is 15.8. The SMILES string of the molecule is O=C(Nc1ccc(N2CCN(C3=NS(=O)(=O)c4ccccc43)CC2)cn1)C1CC1. The molecule has 0 bridgehead atoms. The predicted octanol–water partition coefficient (Wildman–Crippen LogP) is 1.70. The van der Waals surface area contributed by atoms with Crippen LogP contribution in [0.25, 0.3) is 0 Å². The van der Waals surface area contributed by atoms with Crippen LogP contribution in [-0.4, -0.2) is 56.2 Å². The molecule has 0 unspecified atom stereocenters. The van der Waals surface area contributed by atoms with Gasteiger partial charge < -0.3 is 15.1 Å². The van der Waals surface area contributed by atoms with Crippen molar-refractivity contribution in [2.75, 3.05) is 36.4 Å². The van der Waals surface area contributed by atoms with Gasteiger partial charge in [-0.3, -0.25) is 4.79 Å². The zero-order chi connectivity index (χ0) is 20.0. The highest BCUT2D eigenvalue weighted by Gasteiger charge is 2.33. The maximum absolute atomic E-state index is 12.3. The number of hydrogen-bond donors (Lipinski definition) is 1. The summed E-state index contributed by atoms with van der Waals surface area (Å²) in [6.07, 6.45) is 3.70. The van der Waals surface area contributed by atoms with Crippen molar-refractivity contribution in [2.24, 2.45) is 10.3 Å². The Labute approximate surface area is 169 Å². The number of carbonyl (C=O) groups excluding carboxylic acids is 1. The normalized spacial score (nSPS) is 20.2. The Balaban J connectivity index is 1.25. The van der Waals surface area contributed by atoms with Gasteiger partial charge in [-0.25, -0.2) is 4.98 Å². The predicted molar refractivity (Wildman–Crippen MR) is 110 cm³/mol. The maximum atomic E-state index is 12.3. The second kappa shape index (κ2) is 6.84. The highest BCUT2D eigenvalue weighted by Crippen LogP contribution is 2.30. The molecule has 2 fully saturated rings. The topological polar surface area (TPSA) is 95.0 Å². The number of rotatable bonds is 3. The molecule has 5 rings (SSSR count). The number of benzene rings is 1. The molecular weight excluding hydrogens is 390 g/mol. The number of nitrogens with one attached hydrogen (secondary N) is 1. The fourth-order valence-corrected chi connectivity index (χ4v) is 4.94. The highest BCUT2D eigenvalue weighted by molar-refractivity contribution is 7.90. The van der Waals surface area contributed by atoms with Gasteiger partial charge in [-0.15, -0.1) is 4.40 Å². The first-order valence-electron chi connectivity index (χ1n) is 9.72. The van der Waals surface area contributed by atoms with Crippen molar-refractivity contribution in [2.45, 2.75) is 17.7 Å². The van der Waals surface area contributed by atoms with Crippen molar-refractivity contribution in [3.8, 4) is 0 Å². The number of amides is 1. The Morgan fingerprint density at radius 2 is 1.72 bits per heavy atom. The number of pyridine rings is 1. The number of hydrogen-bond acceptors (Lipinski definition) is 6. The summed E-state index contributed by atoms with van der Waals surface area (Å²) < 4.78 is 28.6. The summed E-state index contributed by atoms with van der Waals surface area (Å²) in [4.78, 5) is 20.7. The summed E-state index contributed by atoms with van der Waals surface area (Å²) in [5.74, 6) is 1.31. The summed E-state index contributed by atoms with van der Waals surface area (Å²) in [6.45, 7) is 2.80. The molecule has 150 valence electrons. The van der Waals surface area contributed by atoms with Crippen LogP contribution in [0, 0.1) is 5.92 Å². The van der Waals surface area contributed by atoms with E-state index in [1.54, 1.807) is 18.3 Å². The van der Waals surface area contributed by atoms with Gasteiger partial charge in [0.1, 0.15) is 10.7 Å². The Kier molecular flexibility index (Phi) is 4.27. The number of fused-ring (bicyclic) bond motifs is 1. The van der Waals surface area contributed by atoms with Gasteiger partial charge in [0.25, 0.3) is 10.0 Å². The first-order valence-corrected chi connectivity index (χ1v) is 11.2. The largest absolute Gasteiger partial charge is 0.367 e. The molecule has 1 saturated heterocycles.